The van der Waals surface area contributed by atoms with E-state index < -0.39 is 5.97 Å². The molecule has 4 aromatic rings. The maximum Gasteiger partial charge on any atom is 0.343 e. The lowest BCUT2D eigenvalue weighted by molar-refractivity contribution is 0.0526. The zero-order valence-electron chi connectivity index (χ0n) is 15.6. The van der Waals surface area contributed by atoms with Crippen LogP contribution in [-0.4, -0.2) is 37.1 Å². The Bertz CT molecular complexity index is 1150. The van der Waals surface area contributed by atoms with Gasteiger partial charge in [0.15, 0.2) is 11.6 Å². The van der Waals surface area contributed by atoms with Crippen molar-refractivity contribution in [3.05, 3.63) is 52.7 Å². The van der Waals surface area contributed by atoms with Crippen LogP contribution in [0, 0.1) is 13.8 Å². The SMILES string of the molecule is CCOC(=O)c1cnc(-c2ccccc2)nc1Nc1nc2sc(C)c(C)n2n1. The lowest BCUT2D eigenvalue weighted by Gasteiger charge is -2.09. The highest BCUT2D eigenvalue weighted by atomic mass is 32.1. The van der Waals surface area contributed by atoms with E-state index in [1.807, 2.05) is 44.2 Å². The summed E-state index contributed by atoms with van der Waals surface area (Å²) in [5.41, 5.74) is 2.10. The van der Waals surface area contributed by atoms with Gasteiger partial charge in [0.05, 0.1) is 12.3 Å². The summed E-state index contributed by atoms with van der Waals surface area (Å²) in [4.78, 5) is 27.6. The molecular weight excluding hydrogens is 376 g/mol. The van der Waals surface area contributed by atoms with E-state index in [9.17, 15) is 4.79 Å². The number of fused-ring (bicyclic) bond motifs is 1. The lowest BCUT2D eigenvalue weighted by Crippen LogP contribution is -2.11. The molecule has 0 amide bonds. The third kappa shape index (κ3) is 3.31. The summed E-state index contributed by atoms with van der Waals surface area (Å²) in [6.07, 6.45) is 1.46. The molecule has 3 aromatic heterocycles. The molecule has 0 bridgehead atoms. The van der Waals surface area contributed by atoms with Gasteiger partial charge < -0.3 is 10.1 Å². The molecule has 9 heteroatoms. The summed E-state index contributed by atoms with van der Waals surface area (Å²) >= 11 is 1.55. The molecular formula is C19H18N6O2S. The number of carbonyl (C=O) groups is 1. The second kappa shape index (κ2) is 7.35. The number of hydrogen-bond donors (Lipinski definition) is 1. The van der Waals surface area contributed by atoms with E-state index in [2.05, 4.69) is 25.4 Å². The van der Waals surface area contributed by atoms with Crippen molar-refractivity contribution in [2.45, 2.75) is 20.8 Å². The first-order valence-corrected chi connectivity index (χ1v) is 9.58. The molecule has 8 nitrogen and oxygen atoms in total. The monoisotopic (exact) mass is 394 g/mol. The minimum absolute atomic E-state index is 0.229. The second-order valence-corrected chi connectivity index (χ2v) is 7.22. The minimum atomic E-state index is -0.502. The Kier molecular flexibility index (Phi) is 4.74. The van der Waals surface area contributed by atoms with Gasteiger partial charge in [-0.1, -0.05) is 41.7 Å². The van der Waals surface area contributed by atoms with Gasteiger partial charge in [-0.05, 0) is 20.8 Å². The molecule has 0 saturated carbocycles. The fourth-order valence-electron chi connectivity index (χ4n) is 2.66. The number of carbonyl (C=O) groups excluding carboxylic acids is 1. The van der Waals surface area contributed by atoms with E-state index in [-0.39, 0.29) is 12.2 Å². The predicted octanol–water partition coefficient (Wildman–Crippen LogP) is 3.78. The van der Waals surface area contributed by atoms with E-state index in [1.54, 1.807) is 22.8 Å². The van der Waals surface area contributed by atoms with Gasteiger partial charge in [-0.3, -0.25) is 0 Å². The van der Waals surface area contributed by atoms with Crippen LogP contribution in [0.15, 0.2) is 36.5 Å². The first-order chi connectivity index (χ1) is 13.6. The number of nitrogens with zero attached hydrogens (tertiary/aromatic N) is 5. The molecule has 0 unspecified atom stereocenters. The fourth-order valence-corrected chi connectivity index (χ4v) is 3.57. The third-order valence-electron chi connectivity index (χ3n) is 4.20. The quantitative estimate of drug-likeness (QED) is 0.515. The van der Waals surface area contributed by atoms with E-state index in [4.69, 9.17) is 4.74 Å². The molecule has 3 heterocycles. The molecule has 0 aliphatic rings. The standard InChI is InChI=1S/C19H18N6O2S/c1-4-27-17(26)14-10-20-15(13-8-6-5-7-9-13)21-16(14)22-18-23-19-25(24-18)11(2)12(3)28-19/h5-10H,4H2,1-3H3,(H,20,21,22,24). The Morgan fingerprint density at radius 1 is 1.21 bits per heavy atom. The van der Waals surface area contributed by atoms with Crippen molar-refractivity contribution in [3.63, 3.8) is 0 Å². The lowest BCUT2D eigenvalue weighted by atomic mass is 10.2. The molecule has 28 heavy (non-hydrogen) atoms. The van der Waals surface area contributed by atoms with Gasteiger partial charge in [0.25, 0.3) is 0 Å². The van der Waals surface area contributed by atoms with Crippen molar-refractivity contribution in [2.75, 3.05) is 11.9 Å². The maximum atomic E-state index is 12.3. The van der Waals surface area contributed by atoms with E-state index in [0.717, 1.165) is 21.1 Å². The number of thiazole rings is 1. The highest BCUT2D eigenvalue weighted by molar-refractivity contribution is 7.17. The number of rotatable bonds is 5. The Balaban J connectivity index is 1.75. The summed E-state index contributed by atoms with van der Waals surface area (Å²) in [6.45, 7) is 6.02. The Hall–Kier alpha value is -3.33. The van der Waals surface area contributed by atoms with Crippen LogP contribution < -0.4 is 5.32 Å². The fraction of sp³-hybridized carbons (Fsp3) is 0.211. The molecule has 1 aromatic carbocycles. The van der Waals surface area contributed by atoms with E-state index in [0.29, 0.717) is 17.6 Å². The maximum absolute atomic E-state index is 12.3. The van der Waals surface area contributed by atoms with Crippen LogP contribution in [0.2, 0.25) is 0 Å². The summed E-state index contributed by atoms with van der Waals surface area (Å²) in [7, 11) is 0. The first kappa shape index (κ1) is 18.1. The van der Waals surface area contributed by atoms with E-state index in [1.165, 1.54) is 6.20 Å². The van der Waals surface area contributed by atoms with Gasteiger partial charge in [-0.25, -0.2) is 19.3 Å². The molecule has 0 aliphatic heterocycles. The van der Waals surface area contributed by atoms with Gasteiger partial charge in [-0.2, -0.15) is 4.98 Å². The molecule has 0 atom stereocenters. The van der Waals surface area contributed by atoms with Crippen LogP contribution >= 0.6 is 11.3 Å². The smallest absolute Gasteiger partial charge is 0.343 e. The molecule has 0 radical (unpaired) electrons. The molecule has 0 saturated heterocycles. The summed E-state index contributed by atoms with van der Waals surface area (Å²) in [5, 5.41) is 7.53. The van der Waals surface area contributed by atoms with Crippen molar-refractivity contribution in [1.29, 1.82) is 0 Å². The largest absolute Gasteiger partial charge is 0.462 e. The second-order valence-electron chi connectivity index (χ2n) is 6.04. The Morgan fingerprint density at radius 2 is 2.00 bits per heavy atom. The topological polar surface area (TPSA) is 94.3 Å². The van der Waals surface area contributed by atoms with Crippen molar-refractivity contribution >= 4 is 34.0 Å². The predicted molar refractivity (Wildman–Crippen MR) is 107 cm³/mol. The van der Waals surface area contributed by atoms with Gasteiger partial charge in [0.2, 0.25) is 10.9 Å². The minimum Gasteiger partial charge on any atom is -0.462 e. The number of benzene rings is 1. The van der Waals surface area contributed by atoms with Crippen molar-refractivity contribution in [1.82, 2.24) is 24.6 Å². The van der Waals surface area contributed by atoms with Gasteiger partial charge >= 0.3 is 5.97 Å². The van der Waals surface area contributed by atoms with E-state index >= 15 is 0 Å². The number of nitrogens with one attached hydrogen (secondary N) is 1. The van der Waals surface area contributed by atoms with Crippen LogP contribution in [0.3, 0.4) is 0 Å². The number of aromatic nitrogens is 5. The highest BCUT2D eigenvalue weighted by Gasteiger charge is 2.19. The molecule has 0 spiro atoms. The summed E-state index contributed by atoms with van der Waals surface area (Å²) in [5.74, 6) is 0.652. The Labute approximate surface area is 165 Å². The summed E-state index contributed by atoms with van der Waals surface area (Å²) < 4.78 is 6.90. The average Bonchev–Trinajstić information content (AvgIpc) is 3.21. The zero-order chi connectivity index (χ0) is 19.7. The van der Waals surface area contributed by atoms with Crippen LogP contribution in [0.1, 0.15) is 27.9 Å². The average molecular weight is 394 g/mol. The zero-order valence-corrected chi connectivity index (χ0v) is 16.4. The summed E-state index contributed by atoms with van der Waals surface area (Å²) in [6, 6.07) is 9.53. The molecule has 1 N–H and O–H groups in total. The number of ether oxygens (including phenoxy) is 1. The van der Waals surface area contributed by atoms with Gasteiger partial charge in [0.1, 0.15) is 5.56 Å². The van der Waals surface area contributed by atoms with Crippen LogP contribution in [0.5, 0.6) is 0 Å². The Morgan fingerprint density at radius 3 is 2.71 bits per heavy atom. The normalized spacial score (nSPS) is 11.0. The number of aryl methyl sites for hydroxylation is 2. The highest BCUT2D eigenvalue weighted by Crippen LogP contribution is 2.25. The van der Waals surface area contributed by atoms with Crippen molar-refractivity contribution in [2.24, 2.45) is 0 Å². The molecule has 0 aliphatic carbocycles. The number of esters is 1. The van der Waals surface area contributed by atoms with Crippen LogP contribution in [0.25, 0.3) is 16.3 Å². The molecule has 142 valence electrons. The van der Waals surface area contributed by atoms with Crippen molar-refractivity contribution < 1.29 is 9.53 Å². The third-order valence-corrected chi connectivity index (χ3v) is 5.24. The first-order valence-electron chi connectivity index (χ1n) is 8.76. The van der Waals surface area contributed by atoms with Crippen molar-refractivity contribution in [3.8, 4) is 11.4 Å². The molecule has 0 fully saturated rings. The molecule has 4 rings (SSSR count). The van der Waals surface area contributed by atoms with Gasteiger partial charge in [0, 0.05) is 16.6 Å². The van der Waals surface area contributed by atoms with Crippen LogP contribution in [-0.2, 0) is 4.74 Å². The number of anilines is 2. The van der Waals surface area contributed by atoms with Crippen LogP contribution in [0.4, 0.5) is 11.8 Å². The van der Waals surface area contributed by atoms with Gasteiger partial charge in [-0.15, -0.1) is 5.10 Å². The number of hydrogen-bond acceptors (Lipinski definition) is 8.